The van der Waals surface area contributed by atoms with Gasteiger partial charge in [-0.25, -0.2) is 8.42 Å². The highest BCUT2D eigenvalue weighted by molar-refractivity contribution is 7.89. The van der Waals surface area contributed by atoms with Crippen LogP contribution in [0.1, 0.15) is 15.9 Å². The maximum absolute atomic E-state index is 13.0. The van der Waals surface area contributed by atoms with Crippen molar-refractivity contribution in [3.05, 3.63) is 90.0 Å². The molecule has 1 aliphatic heterocycles. The third kappa shape index (κ3) is 3.96. The molecule has 0 radical (unpaired) electrons. The summed E-state index contributed by atoms with van der Waals surface area (Å²) in [5.41, 5.74) is 3.29. The molecule has 2 heterocycles. The summed E-state index contributed by atoms with van der Waals surface area (Å²) in [6.07, 6.45) is 0. The number of sulfonamides is 1. The Labute approximate surface area is 197 Å². The van der Waals surface area contributed by atoms with Crippen LogP contribution in [-0.4, -0.2) is 49.7 Å². The van der Waals surface area contributed by atoms with Crippen LogP contribution in [-0.2, 0) is 10.0 Å². The summed E-state index contributed by atoms with van der Waals surface area (Å²) in [5, 5.41) is 9.97. The quantitative estimate of drug-likeness (QED) is 0.446. The van der Waals surface area contributed by atoms with Gasteiger partial charge < -0.3 is 9.32 Å². The van der Waals surface area contributed by atoms with Crippen LogP contribution in [0.5, 0.6) is 0 Å². The molecule has 0 aliphatic carbocycles. The normalized spacial score (nSPS) is 14.7. The van der Waals surface area contributed by atoms with Crippen LogP contribution in [0.2, 0.25) is 0 Å². The van der Waals surface area contributed by atoms with Gasteiger partial charge in [-0.3, -0.25) is 4.79 Å². The largest absolute Gasteiger partial charge is 0.443 e. The predicted octanol–water partition coefficient (Wildman–Crippen LogP) is 4.12. The molecule has 0 N–H and O–H groups in total. The Morgan fingerprint density at radius 2 is 1.56 bits per heavy atom. The Morgan fingerprint density at radius 1 is 0.882 bits per heavy atom. The molecule has 1 saturated heterocycles. The van der Waals surface area contributed by atoms with E-state index in [0.717, 1.165) is 16.5 Å². The number of hydrogen-bond acceptors (Lipinski definition) is 5. The van der Waals surface area contributed by atoms with Crippen molar-refractivity contribution >= 4 is 26.9 Å². The Morgan fingerprint density at radius 3 is 2.26 bits per heavy atom. The molecule has 0 atom stereocenters. The molecule has 1 aliphatic rings. The summed E-state index contributed by atoms with van der Waals surface area (Å²) in [6, 6.07) is 25.3. The number of furan rings is 1. The summed E-state index contributed by atoms with van der Waals surface area (Å²) < 4.78 is 33.0. The van der Waals surface area contributed by atoms with Gasteiger partial charge in [0.1, 0.15) is 5.58 Å². The zero-order valence-electron chi connectivity index (χ0n) is 18.2. The fourth-order valence-electron chi connectivity index (χ4n) is 4.15. The lowest BCUT2D eigenvalue weighted by Gasteiger charge is -2.33. The number of piperazine rings is 1. The third-order valence-electron chi connectivity index (χ3n) is 6.01. The van der Waals surface area contributed by atoms with E-state index in [9.17, 15) is 18.5 Å². The van der Waals surface area contributed by atoms with E-state index >= 15 is 0 Å². The molecule has 0 spiro atoms. The van der Waals surface area contributed by atoms with Crippen LogP contribution in [0, 0.1) is 11.3 Å². The van der Waals surface area contributed by atoms with Crippen molar-refractivity contribution in [2.45, 2.75) is 5.09 Å². The van der Waals surface area contributed by atoms with E-state index in [1.54, 1.807) is 41.3 Å². The summed E-state index contributed by atoms with van der Waals surface area (Å²) in [5.74, 6) is -0.152. The van der Waals surface area contributed by atoms with E-state index in [2.05, 4.69) is 6.07 Å². The number of nitrogens with zero attached hydrogens (tertiary/aromatic N) is 3. The molecule has 0 saturated carbocycles. The van der Waals surface area contributed by atoms with E-state index in [1.807, 2.05) is 36.4 Å². The summed E-state index contributed by atoms with van der Waals surface area (Å²) in [4.78, 5) is 14.7. The van der Waals surface area contributed by atoms with Crippen LogP contribution in [0.3, 0.4) is 0 Å². The van der Waals surface area contributed by atoms with E-state index in [0.29, 0.717) is 16.7 Å². The fraction of sp³-hybridized carbons (Fsp3) is 0.154. The highest BCUT2D eigenvalue weighted by Gasteiger charge is 2.32. The molecule has 0 unspecified atom stereocenters. The topological polar surface area (TPSA) is 94.6 Å². The molecule has 1 aromatic heterocycles. The third-order valence-corrected chi connectivity index (χ3v) is 7.77. The van der Waals surface area contributed by atoms with Crippen LogP contribution >= 0.6 is 0 Å². The van der Waals surface area contributed by atoms with Gasteiger partial charge in [0.25, 0.3) is 15.9 Å². The molecular weight excluding hydrogens is 450 g/mol. The van der Waals surface area contributed by atoms with Gasteiger partial charge in [0, 0.05) is 43.2 Å². The first-order chi connectivity index (χ1) is 16.5. The van der Waals surface area contributed by atoms with Gasteiger partial charge in [-0.05, 0) is 35.4 Å². The maximum atomic E-state index is 13.0. The van der Waals surface area contributed by atoms with Crippen molar-refractivity contribution in [1.29, 1.82) is 5.26 Å². The molecule has 34 heavy (non-hydrogen) atoms. The van der Waals surface area contributed by atoms with E-state index in [1.165, 1.54) is 10.4 Å². The lowest BCUT2D eigenvalue weighted by Crippen LogP contribution is -2.50. The molecule has 0 bridgehead atoms. The number of amides is 1. The standard InChI is InChI=1S/C26H21N3O4S/c27-18-22-6-1-3-7-23(22)19-9-11-20(12-10-19)26(30)28-13-15-29(16-14-28)34(31,32)25-17-21-5-2-4-8-24(21)33-25/h1-12,17H,13-16H2. The molecule has 3 aromatic carbocycles. The predicted molar refractivity (Wildman–Crippen MR) is 127 cm³/mol. The zero-order chi connectivity index (χ0) is 23.7. The smallest absolute Gasteiger partial charge is 0.276 e. The van der Waals surface area contributed by atoms with E-state index < -0.39 is 10.0 Å². The number of benzene rings is 3. The highest BCUT2D eigenvalue weighted by Crippen LogP contribution is 2.27. The zero-order valence-corrected chi connectivity index (χ0v) is 19.0. The number of para-hydroxylation sites is 1. The van der Waals surface area contributed by atoms with Crippen LogP contribution < -0.4 is 0 Å². The second-order valence-corrected chi connectivity index (χ2v) is 9.90. The first kappa shape index (κ1) is 21.9. The van der Waals surface area contributed by atoms with Crippen molar-refractivity contribution in [3.8, 4) is 17.2 Å². The van der Waals surface area contributed by atoms with Crippen LogP contribution in [0.4, 0.5) is 0 Å². The van der Waals surface area contributed by atoms with Gasteiger partial charge >= 0.3 is 0 Å². The molecule has 1 amide bonds. The minimum atomic E-state index is -3.78. The Bertz CT molecular complexity index is 1480. The van der Waals surface area contributed by atoms with E-state index in [-0.39, 0.29) is 37.2 Å². The monoisotopic (exact) mass is 471 g/mol. The Hall–Kier alpha value is -3.93. The highest BCUT2D eigenvalue weighted by atomic mass is 32.2. The lowest BCUT2D eigenvalue weighted by molar-refractivity contribution is 0.0697. The summed E-state index contributed by atoms with van der Waals surface area (Å²) >= 11 is 0. The number of rotatable bonds is 4. The number of nitriles is 1. The second-order valence-electron chi connectivity index (χ2n) is 8.03. The summed E-state index contributed by atoms with van der Waals surface area (Å²) in [6.45, 7) is 0.964. The lowest BCUT2D eigenvalue weighted by atomic mass is 9.99. The maximum Gasteiger partial charge on any atom is 0.276 e. The molecule has 8 heteroatoms. The van der Waals surface area contributed by atoms with Crippen molar-refractivity contribution in [3.63, 3.8) is 0 Å². The van der Waals surface area contributed by atoms with Gasteiger partial charge in [-0.15, -0.1) is 0 Å². The number of fused-ring (bicyclic) bond motifs is 1. The Balaban J connectivity index is 1.27. The average Bonchev–Trinajstić information content (AvgIpc) is 3.34. The number of hydrogen-bond donors (Lipinski definition) is 0. The minimum Gasteiger partial charge on any atom is -0.443 e. The molecule has 7 nitrogen and oxygen atoms in total. The minimum absolute atomic E-state index is 0.0817. The van der Waals surface area contributed by atoms with Crippen LogP contribution in [0.25, 0.3) is 22.1 Å². The molecular formula is C26H21N3O4S. The first-order valence-corrected chi connectivity index (χ1v) is 12.3. The van der Waals surface area contributed by atoms with E-state index in [4.69, 9.17) is 4.42 Å². The van der Waals surface area contributed by atoms with Gasteiger partial charge in [-0.1, -0.05) is 48.5 Å². The van der Waals surface area contributed by atoms with Gasteiger partial charge in [0.05, 0.1) is 11.6 Å². The van der Waals surface area contributed by atoms with Crippen LogP contribution in [0.15, 0.2) is 88.4 Å². The van der Waals surface area contributed by atoms with Gasteiger partial charge in [0.2, 0.25) is 5.09 Å². The SMILES string of the molecule is N#Cc1ccccc1-c1ccc(C(=O)N2CCN(S(=O)(=O)c3cc4ccccc4o3)CC2)cc1. The van der Waals surface area contributed by atoms with Crippen molar-refractivity contribution in [2.75, 3.05) is 26.2 Å². The first-order valence-electron chi connectivity index (χ1n) is 10.8. The fourth-order valence-corrected chi connectivity index (χ4v) is 5.52. The number of carbonyl (C=O) groups excluding carboxylic acids is 1. The second kappa shape index (κ2) is 8.78. The molecule has 4 aromatic rings. The Kier molecular flexibility index (Phi) is 5.65. The van der Waals surface area contributed by atoms with Gasteiger partial charge in [0.15, 0.2) is 0 Å². The average molecular weight is 472 g/mol. The van der Waals surface area contributed by atoms with Gasteiger partial charge in [-0.2, -0.15) is 9.57 Å². The molecule has 1 fully saturated rings. The van der Waals surface area contributed by atoms with Crippen molar-refractivity contribution < 1.29 is 17.6 Å². The van der Waals surface area contributed by atoms with Crippen molar-refractivity contribution in [1.82, 2.24) is 9.21 Å². The molecule has 5 rings (SSSR count). The number of carbonyl (C=O) groups is 1. The summed E-state index contributed by atoms with van der Waals surface area (Å²) in [7, 11) is -3.78. The van der Waals surface area contributed by atoms with Crippen molar-refractivity contribution in [2.24, 2.45) is 0 Å². The molecule has 170 valence electrons.